The third-order valence-corrected chi connectivity index (χ3v) is 4.46. The number of hydrogen-bond donors (Lipinski definition) is 0. The molecule has 2 heterocycles. The van der Waals surface area contributed by atoms with E-state index in [1.807, 2.05) is 0 Å². The lowest BCUT2D eigenvalue weighted by Crippen LogP contribution is -2.36. The zero-order valence-corrected chi connectivity index (χ0v) is 13.1. The average Bonchev–Trinajstić information content (AvgIpc) is 2.85. The van der Waals surface area contributed by atoms with E-state index in [1.54, 1.807) is 0 Å². The summed E-state index contributed by atoms with van der Waals surface area (Å²) in [5, 5.41) is 0. The van der Waals surface area contributed by atoms with Crippen LogP contribution in [-0.2, 0) is 13.5 Å². The van der Waals surface area contributed by atoms with Gasteiger partial charge in [-0.2, -0.15) is 0 Å². The van der Waals surface area contributed by atoms with Crippen molar-refractivity contribution in [1.29, 1.82) is 0 Å². The molecule has 112 valence electrons. The van der Waals surface area contributed by atoms with Crippen LogP contribution in [0.5, 0.6) is 0 Å². The molecule has 3 nitrogen and oxygen atoms in total. The molecule has 0 radical (unpaired) electrons. The molecule has 1 atom stereocenters. The molecular formula is C18H25N3. The highest BCUT2D eigenvalue weighted by Gasteiger charge is 2.24. The van der Waals surface area contributed by atoms with E-state index >= 15 is 0 Å². The topological polar surface area (TPSA) is 21.1 Å². The Morgan fingerprint density at radius 2 is 2.05 bits per heavy atom. The number of benzene rings is 1. The normalized spacial score (nSPS) is 19.8. The largest absolute Gasteiger partial charge is 0.337 e. The molecule has 21 heavy (non-hydrogen) atoms. The van der Waals surface area contributed by atoms with Crippen LogP contribution in [0.3, 0.4) is 0 Å². The lowest BCUT2D eigenvalue weighted by Gasteiger charge is -2.32. The van der Waals surface area contributed by atoms with Crippen LogP contribution in [0.25, 0.3) is 0 Å². The Kier molecular flexibility index (Phi) is 4.39. The summed E-state index contributed by atoms with van der Waals surface area (Å²) in [5.41, 5.74) is 2.57. The summed E-state index contributed by atoms with van der Waals surface area (Å²) in [4.78, 5) is 7.33. The van der Waals surface area contributed by atoms with Crippen molar-refractivity contribution in [2.45, 2.75) is 32.1 Å². The van der Waals surface area contributed by atoms with Crippen molar-refractivity contribution in [2.24, 2.45) is 7.05 Å². The summed E-state index contributed by atoms with van der Waals surface area (Å²) in [7, 11) is 2.12. The van der Waals surface area contributed by atoms with Gasteiger partial charge in [0.05, 0.1) is 5.69 Å². The van der Waals surface area contributed by atoms with Crippen molar-refractivity contribution in [2.75, 3.05) is 19.6 Å². The molecule has 3 rings (SSSR count). The first-order valence-corrected chi connectivity index (χ1v) is 7.98. The molecule has 1 aliphatic heterocycles. The predicted octanol–water partition coefficient (Wildman–Crippen LogP) is 3.15. The molecule has 1 aromatic heterocycles. The Hall–Kier alpha value is -1.61. The van der Waals surface area contributed by atoms with Gasteiger partial charge in [-0.3, -0.25) is 0 Å². The molecule has 0 N–H and O–H groups in total. The van der Waals surface area contributed by atoms with E-state index in [1.165, 1.54) is 30.8 Å². The van der Waals surface area contributed by atoms with Crippen LogP contribution >= 0.6 is 0 Å². The molecule has 1 aromatic carbocycles. The molecule has 0 spiro atoms. The van der Waals surface area contributed by atoms with E-state index in [2.05, 4.69) is 60.0 Å². The summed E-state index contributed by atoms with van der Waals surface area (Å²) in [6.45, 7) is 5.62. The lowest BCUT2D eigenvalue weighted by molar-refractivity contribution is 0.205. The SMILES string of the molecule is Cc1cn(C)c([C@@H]2CCCN(CCc3ccccc3)C2)n1. The number of likely N-dealkylation sites (tertiary alicyclic amines) is 1. The number of nitrogens with zero attached hydrogens (tertiary/aromatic N) is 3. The maximum absolute atomic E-state index is 4.72. The molecule has 0 unspecified atom stereocenters. The van der Waals surface area contributed by atoms with E-state index < -0.39 is 0 Å². The fourth-order valence-corrected chi connectivity index (χ4v) is 3.42. The minimum absolute atomic E-state index is 0.591. The molecular weight excluding hydrogens is 258 g/mol. The number of rotatable bonds is 4. The van der Waals surface area contributed by atoms with Crippen LogP contribution in [-0.4, -0.2) is 34.1 Å². The minimum Gasteiger partial charge on any atom is -0.337 e. The van der Waals surface area contributed by atoms with Crippen molar-refractivity contribution in [3.05, 3.63) is 53.6 Å². The van der Waals surface area contributed by atoms with Crippen molar-refractivity contribution < 1.29 is 0 Å². The maximum Gasteiger partial charge on any atom is 0.113 e. The monoisotopic (exact) mass is 283 g/mol. The van der Waals surface area contributed by atoms with Gasteiger partial charge in [0.1, 0.15) is 5.82 Å². The highest BCUT2D eigenvalue weighted by molar-refractivity contribution is 5.15. The minimum atomic E-state index is 0.591. The van der Waals surface area contributed by atoms with E-state index in [4.69, 9.17) is 4.98 Å². The van der Waals surface area contributed by atoms with Gasteiger partial charge in [-0.25, -0.2) is 4.98 Å². The van der Waals surface area contributed by atoms with Gasteiger partial charge < -0.3 is 9.47 Å². The first-order chi connectivity index (χ1) is 10.2. The first kappa shape index (κ1) is 14.3. The zero-order valence-electron chi connectivity index (χ0n) is 13.1. The summed E-state index contributed by atoms with van der Waals surface area (Å²) >= 11 is 0. The van der Waals surface area contributed by atoms with Crippen LogP contribution in [0.2, 0.25) is 0 Å². The molecule has 1 saturated heterocycles. The third-order valence-electron chi connectivity index (χ3n) is 4.46. The van der Waals surface area contributed by atoms with E-state index in [0.29, 0.717) is 5.92 Å². The summed E-state index contributed by atoms with van der Waals surface area (Å²) in [5.74, 6) is 1.85. The number of hydrogen-bond acceptors (Lipinski definition) is 2. The molecule has 0 aliphatic carbocycles. The summed E-state index contributed by atoms with van der Waals surface area (Å²) in [6, 6.07) is 10.8. The quantitative estimate of drug-likeness (QED) is 0.859. The fraction of sp³-hybridized carbons (Fsp3) is 0.500. The Balaban J connectivity index is 1.59. The Morgan fingerprint density at radius 1 is 1.24 bits per heavy atom. The molecule has 3 heteroatoms. The average molecular weight is 283 g/mol. The van der Waals surface area contributed by atoms with Crippen LogP contribution in [0.15, 0.2) is 36.5 Å². The van der Waals surface area contributed by atoms with Gasteiger partial charge in [-0.15, -0.1) is 0 Å². The van der Waals surface area contributed by atoms with Gasteiger partial charge in [-0.05, 0) is 38.3 Å². The molecule has 0 amide bonds. The number of piperidine rings is 1. The van der Waals surface area contributed by atoms with Gasteiger partial charge >= 0.3 is 0 Å². The number of aryl methyl sites for hydroxylation is 2. The van der Waals surface area contributed by atoms with Crippen molar-refractivity contribution in [1.82, 2.24) is 14.5 Å². The van der Waals surface area contributed by atoms with Gasteiger partial charge in [0.2, 0.25) is 0 Å². The Bertz CT molecular complexity index is 573. The highest BCUT2D eigenvalue weighted by atomic mass is 15.1. The van der Waals surface area contributed by atoms with Crippen LogP contribution < -0.4 is 0 Å². The summed E-state index contributed by atoms with van der Waals surface area (Å²) < 4.78 is 2.21. The molecule has 1 aliphatic rings. The second-order valence-electron chi connectivity index (χ2n) is 6.23. The lowest BCUT2D eigenvalue weighted by atomic mass is 9.96. The van der Waals surface area contributed by atoms with Crippen LogP contribution in [0.1, 0.15) is 35.8 Å². The Morgan fingerprint density at radius 3 is 2.76 bits per heavy atom. The smallest absolute Gasteiger partial charge is 0.113 e. The fourth-order valence-electron chi connectivity index (χ4n) is 3.42. The van der Waals surface area contributed by atoms with Crippen LogP contribution in [0, 0.1) is 6.92 Å². The third kappa shape index (κ3) is 3.53. The summed E-state index contributed by atoms with van der Waals surface area (Å²) in [6.07, 6.45) is 5.84. The van der Waals surface area contributed by atoms with Gasteiger partial charge in [0.25, 0.3) is 0 Å². The van der Waals surface area contributed by atoms with Crippen LogP contribution in [0.4, 0.5) is 0 Å². The molecule has 0 saturated carbocycles. The molecule has 0 bridgehead atoms. The van der Waals surface area contributed by atoms with Crippen molar-refractivity contribution >= 4 is 0 Å². The highest BCUT2D eigenvalue weighted by Crippen LogP contribution is 2.26. The molecule has 1 fully saturated rings. The zero-order chi connectivity index (χ0) is 14.7. The second kappa shape index (κ2) is 6.44. The van der Waals surface area contributed by atoms with E-state index in [-0.39, 0.29) is 0 Å². The Labute approximate surface area is 127 Å². The standard InChI is InChI=1S/C18H25N3/c1-15-13-20(2)18(19-15)17-9-6-11-21(14-17)12-10-16-7-4-3-5-8-16/h3-5,7-8,13,17H,6,9-12,14H2,1-2H3/t17-/m1/s1. The van der Waals surface area contributed by atoms with Gasteiger partial charge in [0.15, 0.2) is 0 Å². The molecule has 2 aromatic rings. The van der Waals surface area contributed by atoms with Gasteiger partial charge in [-0.1, -0.05) is 30.3 Å². The number of aromatic nitrogens is 2. The van der Waals surface area contributed by atoms with Gasteiger partial charge in [0, 0.05) is 32.3 Å². The maximum atomic E-state index is 4.72. The second-order valence-corrected chi connectivity index (χ2v) is 6.23. The van der Waals surface area contributed by atoms with Crippen molar-refractivity contribution in [3.8, 4) is 0 Å². The van der Waals surface area contributed by atoms with E-state index in [9.17, 15) is 0 Å². The van der Waals surface area contributed by atoms with Crippen molar-refractivity contribution in [3.63, 3.8) is 0 Å². The first-order valence-electron chi connectivity index (χ1n) is 7.98. The number of imidazole rings is 1. The predicted molar refractivity (Wildman–Crippen MR) is 86.5 cm³/mol. The van der Waals surface area contributed by atoms with E-state index in [0.717, 1.165) is 25.2 Å².